The summed E-state index contributed by atoms with van der Waals surface area (Å²) in [6.07, 6.45) is 0.444. The molecule has 0 saturated carbocycles. The van der Waals surface area contributed by atoms with Crippen LogP contribution in [0.5, 0.6) is 0 Å². The molecule has 0 atom stereocenters. The van der Waals surface area contributed by atoms with Crippen LogP contribution in [0.4, 0.5) is 4.79 Å². The Hall–Kier alpha value is -1.75. The van der Waals surface area contributed by atoms with Crippen LogP contribution in [0.1, 0.15) is 32.1 Å². The molecule has 5 heteroatoms. The number of hydrogen-bond donors (Lipinski definition) is 0. The first kappa shape index (κ1) is 16.1. The highest BCUT2D eigenvalue weighted by molar-refractivity contribution is 9.10. The fourth-order valence-electron chi connectivity index (χ4n) is 2.57. The van der Waals surface area contributed by atoms with Crippen LogP contribution in [-0.4, -0.2) is 23.1 Å². The molecule has 1 aliphatic rings. The van der Waals surface area contributed by atoms with E-state index < -0.39 is 5.60 Å². The smallest absolute Gasteiger partial charge is 0.410 e. The van der Waals surface area contributed by atoms with Crippen molar-refractivity contribution in [2.24, 2.45) is 0 Å². The van der Waals surface area contributed by atoms with Crippen molar-refractivity contribution in [1.29, 1.82) is 0 Å². The molecule has 0 bridgehead atoms. The van der Waals surface area contributed by atoms with Gasteiger partial charge in [0.2, 0.25) is 0 Å². The first-order chi connectivity index (χ1) is 10.8. The average Bonchev–Trinajstić information content (AvgIpc) is 2.89. The number of fused-ring (bicyclic) bond motifs is 1. The lowest BCUT2D eigenvalue weighted by Crippen LogP contribution is -2.39. The number of ether oxygens (including phenoxy) is 1. The van der Waals surface area contributed by atoms with Crippen LogP contribution in [-0.2, 0) is 17.7 Å². The van der Waals surface area contributed by atoms with E-state index in [-0.39, 0.29) is 6.09 Å². The van der Waals surface area contributed by atoms with E-state index in [0.717, 1.165) is 27.1 Å². The molecule has 23 heavy (non-hydrogen) atoms. The standard InChI is InChI=1S/C18H20BrNO3/c1-18(2,3)23-17(21)20-9-8-15-13(11-20)10-16(22-15)12-4-6-14(19)7-5-12/h4-7,10H,8-9,11H2,1-3H3. The largest absolute Gasteiger partial charge is 0.461 e. The molecule has 0 saturated heterocycles. The lowest BCUT2D eigenvalue weighted by atomic mass is 10.1. The Morgan fingerprint density at radius 1 is 1.26 bits per heavy atom. The lowest BCUT2D eigenvalue weighted by molar-refractivity contribution is 0.0219. The SMILES string of the molecule is CC(C)(C)OC(=O)N1CCc2oc(-c3ccc(Br)cc3)cc2C1. The predicted octanol–water partition coefficient (Wildman–Crippen LogP) is 5.00. The molecule has 2 heterocycles. The van der Waals surface area contributed by atoms with E-state index in [9.17, 15) is 4.79 Å². The van der Waals surface area contributed by atoms with Crippen LogP contribution < -0.4 is 0 Å². The molecule has 1 aromatic heterocycles. The lowest BCUT2D eigenvalue weighted by Gasteiger charge is -2.29. The molecule has 1 aliphatic heterocycles. The molecule has 4 nitrogen and oxygen atoms in total. The molecule has 2 aromatic rings. The van der Waals surface area contributed by atoms with Crippen LogP contribution in [0.15, 0.2) is 39.2 Å². The minimum atomic E-state index is -0.476. The van der Waals surface area contributed by atoms with Crippen LogP contribution in [0.2, 0.25) is 0 Å². The van der Waals surface area contributed by atoms with Crippen molar-refractivity contribution in [3.05, 3.63) is 46.1 Å². The molecule has 3 rings (SSSR count). The summed E-state index contributed by atoms with van der Waals surface area (Å²) in [5.41, 5.74) is 1.61. The molecule has 0 spiro atoms. The number of carbonyl (C=O) groups excluding carboxylic acids is 1. The molecule has 0 radical (unpaired) electrons. The van der Waals surface area contributed by atoms with E-state index in [4.69, 9.17) is 9.15 Å². The molecule has 122 valence electrons. The Morgan fingerprint density at radius 3 is 2.61 bits per heavy atom. The number of rotatable bonds is 1. The Labute approximate surface area is 144 Å². The Kier molecular flexibility index (Phi) is 4.23. The van der Waals surface area contributed by atoms with Gasteiger partial charge in [-0.25, -0.2) is 4.79 Å². The number of carbonyl (C=O) groups is 1. The van der Waals surface area contributed by atoms with Gasteiger partial charge in [0.1, 0.15) is 17.1 Å². The van der Waals surface area contributed by atoms with Crippen molar-refractivity contribution in [2.45, 2.75) is 39.3 Å². The summed E-state index contributed by atoms with van der Waals surface area (Å²) in [5.74, 6) is 1.80. The zero-order valence-corrected chi connectivity index (χ0v) is 15.1. The quantitative estimate of drug-likeness (QED) is 0.701. The second kappa shape index (κ2) is 6.04. The summed E-state index contributed by atoms with van der Waals surface area (Å²) < 4.78 is 12.5. The van der Waals surface area contributed by atoms with Crippen LogP contribution >= 0.6 is 15.9 Å². The van der Waals surface area contributed by atoms with Gasteiger partial charge in [-0.15, -0.1) is 0 Å². The highest BCUT2D eigenvalue weighted by Gasteiger charge is 2.27. The van der Waals surface area contributed by atoms with E-state index in [1.165, 1.54) is 0 Å². The van der Waals surface area contributed by atoms with Crippen molar-refractivity contribution in [2.75, 3.05) is 6.54 Å². The van der Waals surface area contributed by atoms with E-state index >= 15 is 0 Å². The Balaban J connectivity index is 1.77. The topological polar surface area (TPSA) is 42.7 Å². The predicted molar refractivity (Wildman–Crippen MR) is 92.2 cm³/mol. The van der Waals surface area contributed by atoms with Crippen molar-refractivity contribution < 1.29 is 13.9 Å². The molecular formula is C18H20BrNO3. The summed E-state index contributed by atoms with van der Waals surface area (Å²) in [6, 6.07) is 10.0. The normalized spacial score (nSPS) is 14.5. The number of benzene rings is 1. The molecule has 0 fully saturated rings. The third-order valence-corrected chi connectivity index (χ3v) is 4.18. The van der Waals surface area contributed by atoms with Gasteiger partial charge in [-0.2, -0.15) is 0 Å². The number of amides is 1. The van der Waals surface area contributed by atoms with E-state index in [0.29, 0.717) is 19.5 Å². The van der Waals surface area contributed by atoms with Crippen LogP contribution in [0.25, 0.3) is 11.3 Å². The van der Waals surface area contributed by atoms with Gasteiger partial charge in [0.25, 0.3) is 0 Å². The number of hydrogen-bond acceptors (Lipinski definition) is 3. The van der Waals surface area contributed by atoms with Gasteiger partial charge in [-0.3, -0.25) is 0 Å². The average molecular weight is 378 g/mol. The van der Waals surface area contributed by atoms with Gasteiger partial charge >= 0.3 is 6.09 Å². The summed E-state index contributed by atoms with van der Waals surface area (Å²) >= 11 is 3.43. The fourth-order valence-corrected chi connectivity index (χ4v) is 2.84. The summed E-state index contributed by atoms with van der Waals surface area (Å²) in [7, 11) is 0. The maximum atomic E-state index is 12.2. The van der Waals surface area contributed by atoms with Gasteiger partial charge < -0.3 is 14.1 Å². The Bertz CT molecular complexity index is 713. The second-order valence-electron chi connectivity index (χ2n) is 6.72. The molecule has 1 aromatic carbocycles. The summed E-state index contributed by atoms with van der Waals surface area (Å²) in [6.45, 7) is 6.79. The van der Waals surface area contributed by atoms with Crippen LogP contribution in [0.3, 0.4) is 0 Å². The minimum Gasteiger partial charge on any atom is -0.461 e. The minimum absolute atomic E-state index is 0.269. The first-order valence-corrected chi connectivity index (χ1v) is 8.46. The number of furan rings is 1. The highest BCUT2D eigenvalue weighted by Crippen LogP contribution is 2.30. The molecular weight excluding hydrogens is 358 g/mol. The second-order valence-corrected chi connectivity index (χ2v) is 7.63. The molecule has 1 amide bonds. The van der Waals surface area contributed by atoms with Gasteiger partial charge in [-0.1, -0.05) is 28.1 Å². The maximum Gasteiger partial charge on any atom is 0.410 e. The Morgan fingerprint density at radius 2 is 1.96 bits per heavy atom. The van der Waals surface area contributed by atoms with Crippen molar-refractivity contribution >= 4 is 22.0 Å². The van der Waals surface area contributed by atoms with E-state index in [1.807, 2.05) is 51.1 Å². The fraction of sp³-hybridized carbons (Fsp3) is 0.389. The van der Waals surface area contributed by atoms with Crippen molar-refractivity contribution in [1.82, 2.24) is 4.90 Å². The van der Waals surface area contributed by atoms with Crippen molar-refractivity contribution in [3.8, 4) is 11.3 Å². The molecule has 0 unspecified atom stereocenters. The highest BCUT2D eigenvalue weighted by atomic mass is 79.9. The molecule has 0 aliphatic carbocycles. The maximum absolute atomic E-state index is 12.2. The van der Waals surface area contributed by atoms with Gasteiger partial charge in [0.15, 0.2) is 0 Å². The van der Waals surface area contributed by atoms with Gasteiger partial charge in [0.05, 0.1) is 6.54 Å². The third kappa shape index (κ3) is 3.78. The zero-order chi connectivity index (χ0) is 16.6. The summed E-state index contributed by atoms with van der Waals surface area (Å²) in [5, 5.41) is 0. The third-order valence-electron chi connectivity index (χ3n) is 3.65. The van der Waals surface area contributed by atoms with Gasteiger partial charge in [-0.05, 0) is 39.0 Å². The molecule has 0 N–H and O–H groups in total. The van der Waals surface area contributed by atoms with Gasteiger partial charge in [0, 0.05) is 28.6 Å². The number of halogens is 1. The zero-order valence-electron chi connectivity index (χ0n) is 13.6. The summed E-state index contributed by atoms with van der Waals surface area (Å²) in [4.78, 5) is 13.9. The van der Waals surface area contributed by atoms with E-state index in [1.54, 1.807) is 4.90 Å². The van der Waals surface area contributed by atoms with Crippen LogP contribution in [0, 0.1) is 0 Å². The van der Waals surface area contributed by atoms with E-state index in [2.05, 4.69) is 15.9 Å². The monoisotopic (exact) mass is 377 g/mol. The first-order valence-electron chi connectivity index (χ1n) is 7.67. The van der Waals surface area contributed by atoms with Crippen molar-refractivity contribution in [3.63, 3.8) is 0 Å². The number of nitrogens with zero attached hydrogens (tertiary/aromatic N) is 1.